The Balaban J connectivity index is 2.27. The molecule has 2 rings (SSSR count). The minimum Gasteiger partial charge on any atom is -0.319 e. The van der Waals surface area contributed by atoms with Crippen molar-refractivity contribution >= 4 is 50.7 Å². The summed E-state index contributed by atoms with van der Waals surface area (Å²) in [5, 5.41) is 3.11. The highest BCUT2D eigenvalue weighted by atomic mass is 79.9. The first-order chi connectivity index (χ1) is 8.58. The molecule has 0 fully saturated rings. The summed E-state index contributed by atoms with van der Waals surface area (Å²) in [5.74, 6) is -0.371. The first-order valence-corrected chi connectivity index (χ1v) is 6.34. The van der Waals surface area contributed by atoms with Crippen molar-refractivity contribution in [2.24, 2.45) is 0 Å². The van der Waals surface area contributed by atoms with E-state index in [1.165, 1.54) is 24.7 Å². The van der Waals surface area contributed by atoms with Gasteiger partial charge < -0.3 is 5.32 Å². The summed E-state index contributed by atoms with van der Waals surface area (Å²) >= 11 is 15.0. The molecule has 2 aromatic heterocycles. The molecule has 0 aliphatic heterocycles. The van der Waals surface area contributed by atoms with Crippen molar-refractivity contribution in [3.8, 4) is 0 Å². The largest absolute Gasteiger partial charge is 0.319 e. The Morgan fingerprint density at radius 2 is 2.11 bits per heavy atom. The normalized spacial score (nSPS) is 10.2. The molecule has 0 saturated heterocycles. The third kappa shape index (κ3) is 2.98. The van der Waals surface area contributed by atoms with Crippen molar-refractivity contribution in [1.82, 2.24) is 9.97 Å². The quantitative estimate of drug-likeness (QED) is 0.841. The second-order valence-corrected chi connectivity index (χ2v) is 4.98. The van der Waals surface area contributed by atoms with Crippen LogP contribution < -0.4 is 5.32 Å². The number of carbonyl (C=O) groups excluding carboxylic acids is 1. The van der Waals surface area contributed by atoms with E-state index in [9.17, 15) is 4.79 Å². The molecule has 92 valence electrons. The van der Waals surface area contributed by atoms with Crippen molar-refractivity contribution in [1.29, 1.82) is 0 Å². The van der Waals surface area contributed by atoms with Gasteiger partial charge in [0.1, 0.15) is 0 Å². The van der Waals surface area contributed by atoms with Gasteiger partial charge in [0.15, 0.2) is 5.15 Å². The zero-order valence-corrected chi connectivity index (χ0v) is 11.9. The number of nitrogens with zero attached hydrogens (tertiary/aromatic N) is 2. The molecule has 2 aromatic rings. The monoisotopic (exact) mass is 345 g/mol. The minimum atomic E-state index is -0.371. The average Bonchev–Trinajstić information content (AvgIpc) is 2.34. The third-order valence-corrected chi connectivity index (χ3v) is 3.11. The summed E-state index contributed by atoms with van der Waals surface area (Å²) in [6.45, 7) is 0. The summed E-state index contributed by atoms with van der Waals surface area (Å²) < 4.78 is 0.711. The maximum Gasteiger partial charge on any atom is 0.257 e. The number of pyridine rings is 2. The standard InChI is InChI=1S/C11H6BrCl2N3O/c12-6-3-9(10(14)16-4-6)17-11(18)7-1-2-15-5-8(7)13/h1-5H,(H,17,18). The van der Waals surface area contributed by atoms with Crippen molar-refractivity contribution in [3.63, 3.8) is 0 Å². The Labute approximate surface area is 121 Å². The number of anilines is 1. The summed E-state index contributed by atoms with van der Waals surface area (Å²) in [5.41, 5.74) is 0.728. The molecule has 0 bridgehead atoms. The second kappa shape index (κ2) is 5.65. The molecule has 2 heterocycles. The SMILES string of the molecule is O=C(Nc1cc(Br)cnc1Cl)c1ccncc1Cl. The van der Waals surface area contributed by atoms with Gasteiger partial charge in [-0.05, 0) is 28.1 Å². The van der Waals surface area contributed by atoms with E-state index in [0.29, 0.717) is 15.7 Å². The fourth-order valence-corrected chi connectivity index (χ4v) is 1.95. The summed E-state index contributed by atoms with van der Waals surface area (Å²) in [6, 6.07) is 3.18. The van der Waals surface area contributed by atoms with Crippen LogP contribution in [-0.4, -0.2) is 15.9 Å². The molecule has 0 saturated carbocycles. The van der Waals surface area contributed by atoms with E-state index in [1.807, 2.05) is 0 Å². The Morgan fingerprint density at radius 1 is 1.33 bits per heavy atom. The molecule has 0 radical (unpaired) electrons. The summed E-state index contributed by atoms with van der Waals surface area (Å²) in [7, 11) is 0. The number of aromatic nitrogens is 2. The molecule has 7 heteroatoms. The van der Waals surface area contributed by atoms with Gasteiger partial charge in [-0.15, -0.1) is 0 Å². The molecule has 1 N–H and O–H groups in total. The van der Waals surface area contributed by atoms with Gasteiger partial charge in [0.25, 0.3) is 5.91 Å². The lowest BCUT2D eigenvalue weighted by molar-refractivity contribution is 0.102. The number of hydrogen-bond donors (Lipinski definition) is 1. The van der Waals surface area contributed by atoms with Crippen LogP contribution in [0.4, 0.5) is 5.69 Å². The van der Waals surface area contributed by atoms with Crippen molar-refractivity contribution in [2.75, 3.05) is 5.32 Å². The maximum absolute atomic E-state index is 12.0. The predicted octanol–water partition coefficient (Wildman–Crippen LogP) is 3.80. The summed E-state index contributed by atoms with van der Waals surface area (Å²) in [4.78, 5) is 19.7. The number of halogens is 3. The van der Waals surface area contributed by atoms with Crippen LogP contribution in [0.15, 0.2) is 35.2 Å². The van der Waals surface area contributed by atoms with Crippen LogP contribution in [0.25, 0.3) is 0 Å². The topological polar surface area (TPSA) is 54.9 Å². The lowest BCUT2D eigenvalue weighted by atomic mass is 10.2. The highest BCUT2D eigenvalue weighted by molar-refractivity contribution is 9.10. The van der Waals surface area contributed by atoms with Crippen LogP contribution in [0.5, 0.6) is 0 Å². The highest BCUT2D eigenvalue weighted by Gasteiger charge is 2.12. The smallest absolute Gasteiger partial charge is 0.257 e. The van der Waals surface area contributed by atoms with Crippen LogP contribution in [0.3, 0.4) is 0 Å². The zero-order valence-electron chi connectivity index (χ0n) is 8.82. The van der Waals surface area contributed by atoms with Gasteiger partial charge in [0.05, 0.1) is 16.3 Å². The molecule has 0 aromatic carbocycles. The van der Waals surface area contributed by atoms with E-state index in [0.717, 1.165) is 0 Å². The third-order valence-electron chi connectivity index (χ3n) is 2.07. The van der Waals surface area contributed by atoms with Crippen LogP contribution in [-0.2, 0) is 0 Å². The Hall–Kier alpha value is -1.17. The van der Waals surface area contributed by atoms with Crippen LogP contribution in [0.2, 0.25) is 10.2 Å². The molecular weight excluding hydrogens is 341 g/mol. The predicted molar refractivity (Wildman–Crippen MR) is 74.1 cm³/mol. The molecule has 18 heavy (non-hydrogen) atoms. The van der Waals surface area contributed by atoms with E-state index >= 15 is 0 Å². The van der Waals surface area contributed by atoms with Crippen LogP contribution in [0.1, 0.15) is 10.4 Å². The Morgan fingerprint density at radius 3 is 2.83 bits per heavy atom. The molecule has 4 nitrogen and oxygen atoms in total. The van der Waals surface area contributed by atoms with Gasteiger partial charge >= 0.3 is 0 Å². The van der Waals surface area contributed by atoms with Gasteiger partial charge in [0, 0.05) is 23.1 Å². The average molecular weight is 347 g/mol. The lowest BCUT2D eigenvalue weighted by Crippen LogP contribution is -2.13. The van der Waals surface area contributed by atoms with Crippen molar-refractivity contribution in [3.05, 3.63) is 50.9 Å². The number of carbonyl (C=O) groups is 1. The van der Waals surface area contributed by atoms with Crippen molar-refractivity contribution in [2.45, 2.75) is 0 Å². The Bertz CT molecular complexity index is 607. The van der Waals surface area contributed by atoms with Gasteiger partial charge in [-0.25, -0.2) is 4.98 Å². The maximum atomic E-state index is 12.0. The molecule has 0 atom stereocenters. The van der Waals surface area contributed by atoms with E-state index in [2.05, 4.69) is 31.2 Å². The molecule has 0 spiro atoms. The molecule has 1 amide bonds. The number of hydrogen-bond acceptors (Lipinski definition) is 3. The Kier molecular flexibility index (Phi) is 4.16. The summed E-state index contributed by atoms with van der Waals surface area (Å²) in [6.07, 6.45) is 4.43. The van der Waals surface area contributed by atoms with E-state index in [-0.39, 0.29) is 16.1 Å². The first-order valence-electron chi connectivity index (χ1n) is 4.80. The lowest BCUT2D eigenvalue weighted by Gasteiger charge is -2.07. The highest BCUT2D eigenvalue weighted by Crippen LogP contribution is 2.24. The minimum absolute atomic E-state index is 0.205. The molecule has 0 aliphatic carbocycles. The van der Waals surface area contributed by atoms with E-state index in [4.69, 9.17) is 23.2 Å². The van der Waals surface area contributed by atoms with Crippen molar-refractivity contribution < 1.29 is 4.79 Å². The first kappa shape index (κ1) is 13.3. The second-order valence-electron chi connectivity index (χ2n) is 3.30. The fraction of sp³-hybridized carbons (Fsp3) is 0. The van der Waals surface area contributed by atoms with E-state index < -0.39 is 0 Å². The van der Waals surface area contributed by atoms with Gasteiger partial charge in [0.2, 0.25) is 0 Å². The van der Waals surface area contributed by atoms with Gasteiger partial charge in [-0.3, -0.25) is 9.78 Å². The van der Waals surface area contributed by atoms with Crippen LogP contribution in [0, 0.1) is 0 Å². The van der Waals surface area contributed by atoms with Gasteiger partial charge in [-0.2, -0.15) is 0 Å². The van der Waals surface area contributed by atoms with Crippen LogP contribution >= 0.6 is 39.1 Å². The van der Waals surface area contributed by atoms with Gasteiger partial charge in [-0.1, -0.05) is 23.2 Å². The molecular formula is C11H6BrCl2N3O. The number of rotatable bonds is 2. The number of amides is 1. The molecule has 0 unspecified atom stereocenters. The zero-order chi connectivity index (χ0) is 13.1. The fourth-order valence-electron chi connectivity index (χ4n) is 1.26. The molecule has 0 aliphatic rings. The van der Waals surface area contributed by atoms with E-state index in [1.54, 1.807) is 6.07 Å². The number of nitrogens with one attached hydrogen (secondary N) is 1.